The lowest BCUT2D eigenvalue weighted by atomic mass is 9.71. The summed E-state index contributed by atoms with van der Waals surface area (Å²) in [5, 5.41) is 3.66. The van der Waals surface area contributed by atoms with Crippen LogP contribution in [0.1, 0.15) is 52.0 Å². The third-order valence-corrected chi connectivity index (χ3v) is 4.73. The third kappa shape index (κ3) is 4.82. The summed E-state index contributed by atoms with van der Waals surface area (Å²) in [5.41, 5.74) is 1.76. The van der Waals surface area contributed by atoms with Crippen molar-refractivity contribution in [3.05, 3.63) is 35.9 Å². The lowest BCUT2D eigenvalue weighted by Gasteiger charge is -2.44. The predicted octanol–water partition coefficient (Wildman–Crippen LogP) is 4.19. The van der Waals surface area contributed by atoms with Crippen molar-refractivity contribution in [2.24, 2.45) is 5.41 Å². The van der Waals surface area contributed by atoms with Crippen LogP contribution in [0.3, 0.4) is 0 Å². The first-order valence-electron chi connectivity index (χ1n) is 8.52. The highest BCUT2D eigenvalue weighted by Gasteiger charge is 2.38. The second-order valence-electron chi connectivity index (χ2n) is 6.91. The SMILES string of the molecule is CCNC1C(OCCCc2ccccc2)CCCC1(C)C. The molecule has 0 radical (unpaired) electrons. The van der Waals surface area contributed by atoms with Gasteiger partial charge in [-0.25, -0.2) is 0 Å². The van der Waals surface area contributed by atoms with Gasteiger partial charge in [-0.05, 0) is 43.2 Å². The Labute approximate surface area is 130 Å². The van der Waals surface area contributed by atoms with Gasteiger partial charge in [0.2, 0.25) is 0 Å². The number of likely N-dealkylation sites (N-methyl/N-ethyl adjacent to an activating group) is 1. The number of benzene rings is 1. The number of hydrogen-bond acceptors (Lipinski definition) is 2. The summed E-state index contributed by atoms with van der Waals surface area (Å²) in [4.78, 5) is 0. The van der Waals surface area contributed by atoms with Crippen molar-refractivity contribution >= 4 is 0 Å². The van der Waals surface area contributed by atoms with E-state index in [4.69, 9.17) is 4.74 Å². The minimum Gasteiger partial charge on any atom is -0.377 e. The molecule has 118 valence electrons. The van der Waals surface area contributed by atoms with Crippen molar-refractivity contribution in [1.82, 2.24) is 5.32 Å². The molecule has 1 aromatic rings. The highest BCUT2D eigenvalue weighted by atomic mass is 16.5. The van der Waals surface area contributed by atoms with Crippen molar-refractivity contribution in [2.45, 2.75) is 65.0 Å². The molecular formula is C19H31NO. The number of ether oxygens (including phenoxy) is 1. The fourth-order valence-corrected chi connectivity index (χ4v) is 3.55. The molecule has 2 atom stereocenters. The maximum atomic E-state index is 6.24. The maximum Gasteiger partial charge on any atom is 0.0733 e. The summed E-state index contributed by atoms with van der Waals surface area (Å²) in [6, 6.07) is 11.2. The number of hydrogen-bond donors (Lipinski definition) is 1. The van der Waals surface area contributed by atoms with Crippen LogP contribution in [0.2, 0.25) is 0 Å². The Morgan fingerprint density at radius 2 is 2.00 bits per heavy atom. The molecule has 1 fully saturated rings. The Kier molecular flexibility index (Phi) is 6.25. The van der Waals surface area contributed by atoms with E-state index in [2.05, 4.69) is 56.4 Å². The molecule has 2 nitrogen and oxygen atoms in total. The van der Waals surface area contributed by atoms with Gasteiger partial charge in [-0.2, -0.15) is 0 Å². The van der Waals surface area contributed by atoms with E-state index in [1.54, 1.807) is 0 Å². The van der Waals surface area contributed by atoms with Crippen LogP contribution in [0.5, 0.6) is 0 Å². The summed E-state index contributed by atoms with van der Waals surface area (Å²) < 4.78 is 6.24. The van der Waals surface area contributed by atoms with Crippen molar-refractivity contribution in [2.75, 3.05) is 13.2 Å². The van der Waals surface area contributed by atoms with E-state index in [1.807, 2.05) is 0 Å². The predicted molar refractivity (Wildman–Crippen MR) is 89.6 cm³/mol. The molecule has 0 heterocycles. The zero-order chi connectivity index (χ0) is 15.1. The van der Waals surface area contributed by atoms with E-state index in [9.17, 15) is 0 Å². The van der Waals surface area contributed by atoms with E-state index in [1.165, 1.54) is 24.8 Å². The van der Waals surface area contributed by atoms with E-state index in [0.29, 0.717) is 17.6 Å². The Bertz CT molecular complexity index is 401. The standard InChI is InChI=1S/C19H31NO/c1-4-20-18-17(13-8-14-19(18,2)3)21-15-9-12-16-10-6-5-7-11-16/h5-7,10-11,17-18,20H,4,8-9,12-15H2,1-3H3. The van der Waals surface area contributed by atoms with Crippen molar-refractivity contribution in [1.29, 1.82) is 0 Å². The van der Waals surface area contributed by atoms with Crippen molar-refractivity contribution in [3.8, 4) is 0 Å². The number of aryl methyl sites for hydroxylation is 1. The highest BCUT2D eigenvalue weighted by molar-refractivity contribution is 5.14. The maximum absolute atomic E-state index is 6.24. The zero-order valence-corrected chi connectivity index (χ0v) is 13.9. The number of nitrogens with one attached hydrogen (secondary N) is 1. The Balaban J connectivity index is 1.78. The molecule has 0 saturated heterocycles. The molecule has 1 saturated carbocycles. The summed E-state index contributed by atoms with van der Waals surface area (Å²) in [7, 11) is 0. The van der Waals surface area contributed by atoms with E-state index >= 15 is 0 Å². The molecule has 2 rings (SSSR count). The second kappa shape index (κ2) is 7.95. The van der Waals surface area contributed by atoms with Crippen LogP contribution in [-0.2, 0) is 11.2 Å². The van der Waals surface area contributed by atoms with Gasteiger partial charge in [0.25, 0.3) is 0 Å². The quantitative estimate of drug-likeness (QED) is 0.760. The minimum absolute atomic E-state index is 0.346. The Morgan fingerprint density at radius 1 is 1.24 bits per heavy atom. The van der Waals surface area contributed by atoms with Crippen molar-refractivity contribution in [3.63, 3.8) is 0 Å². The topological polar surface area (TPSA) is 21.3 Å². The third-order valence-electron chi connectivity index (χ3n) is 4.73. The zero-order valence-electron chi connectivity index (χ0n) is 13.9. The molecule has 21 heavy (non-hydrogen) atoms. The van der Waals surface area contributed by atoms with Crippen LogP contribution in [0.25, 0.3) is 0 Å². The fraction of sp³-hybridized carbons (Fsp3) is 0.684. The van der Waals surface area contributed by atoms with Gasteiger partial charge in [0.15, 0.2) is 0 Å². The van der Waals surface area contributed by atoms with Crippen LogP contribution in [0.15, 0.2) is 30.3 Å². The van der Waals surface area contributed by atoms with Gasteiger partial charge in [0.1, 0.15) is 0 Å². The first-order valence-corrected chi connectivity index (χ1v) is 8.52. The first-order chi connectivity index (χ1) is 10.1. The van der Waals surface area contributed by atoms with E-state index in [0.717, 1.165) is 26.0 Å². The Hall–Kier alpha value is -0.860. The van der Waals surface area contributed by atoms with Gasteiger partial charge in [-0.15, -0.1) is 0 Å². The molecule has 0 bridgehead atoms. The lowest BCUT2D eigenvalue weighted by Crippen LogP contribution is -2.53. The van der Waals surface area contributed by atoms with Crippen LogP contribution in [-0.4, -0.2) is 25.3 Å². The minimum atomic E-state index is 0.346. The fourth-order valence-electron chi connectivity index (χ4n) is 3.55. The van der Waals surface area contributed by atoms with Gasteiger partial charge in [-0.3, -0.25) is 0 Å². The molecule has 1 aliphatic rings. The number of rotatable bonds is 7. The average Bonchev–Trinajstić information content (AvgIpc) is 2.47. The van der Waals surface area contributed by atoms with Crippen LogP contribution in [0, 0.1) is 5.41 Å². The molecule has 0 amide bonds. The molecule has 0 aliphatic heterocycles. The lowest BCUT2D eigenvalue weighted by molar-refractivity contribution is -0.0373. The largest absolute Gasteiger partial charge is 0.377 e. The molecule has 1 N–H and O–H groups in total. The summed E-state index contributed by atoms with van der Waals surface area (Å²) in [6.07, 6.45) is 6.39. The molecule has 1 aliphatic carbocycles. The van der Waals surface area contributed by atoms with Crippen LogP contribution in [0.4, 0.5) is 0 Å². The van der Waals surface area contributed by atoms with Gasteiger partial charge in [-0.1, -0.05) is 57.5 Å². The van der Waals surface area contributed by atoms with E-state index in [-0.39, 0.29) is 0 Å². The Morgan fingerprint density at radius 3 is 2.71 bits per heavy atom. The molecule has 0 spiro atoms. The molecule has 2 unspecified atom stereocenters. The van der Waals surface area contributed by atoms with E-state index < -0.39 is 0 Å². The monoisotopic (exact) mass is 289 g/mol. The molecular weight excluding hydrogens is 258 g/mol. The molecule has 2 heteroatoms. The van der Waals surface area contributed by atoms with Crippen LogP contribution < -0.4 is 5.32 Å². The van der Waals surface area contributed by atoms with Gasteiger partial charge >= 0.3 is 0 Å². The second-order valence-corrected chi connectivity index (χ2v) is 6.91. The van der Waals surface area contributed by atoms with Gasteiger partial charge in [0, 0.05) is 12.6 Å². The van der Waals surface area contributed by atoms with Crippen LogP contribution >= 0.6 is 0 Å². The average molecular weight is 289 g/mol. The van der Waals surface area contributed by atoms with Crippen molar-refractivity contribution < 1.29 is 4.74 Å². The summed E-state index contributed by atoms with van der Waals surface area (Å²) >= 11 is 0. The highest BCUT2D eigenvalue weighted by Crippen LogP contribution is 2.37. The molecule has 1 aromatic carbocycles. The smallest absolute Gasteiger partial charge is 0.0733 e. The summed E-state index contributed by atoms with van der Waals surface area (Å²) in [6.45, 7) is 8.84. The van der Waals surface area contributed by atoms with Gasteiger partial charge < -0.3 is 10.1 Å². The normalized spacial score (nSPS) is 24.9. The molecule has 0 aromatic heterocycles. The summed E-state index contributed by atoms with van der Waals surface area (Å²) in [5.74, 6) is 0. The first kappa shape index (κ1) is 16.5. The van der Waals surface area contributed by atoms with Gasteiger partial charge in [0.05, 0.1) is 6.10 Å².